The van der Waals surface area contributed by atoms with Gasteiger partial charge in [-0.25, -0.2) is 0 Å². The molecular formula is C22H34N4O. The summed E-state index contributed by atoms with van der Waals surface area (Å²) in [5, 5.41) is 3.10. The van der Waals surface area contributed by atoms with Gasteiger partial charge in [-0.3, -0.25) is 14.7 Å². The Labute approximate surface area is 163 Å². The summed E-state index contributed by atoms with van der Waals surface area (Å²) in [5.74, 6) is 1.31. The molecule has 3 heterocycles. The minimum Gasteiger partial charge on any atom is -0.350 e. The van der Waals surface area contributed by atoms with Crippen molar-refractivity contribution >= 4 is 5.91 Å². The first kappa shape index (κ1) is 18.9. The molecule has 0 spiro atoms. The second-order valence-electron chi connectivity index (χ2n) is 8.70. The molecule has 0 bridgehead atoms. The molecule has 5 nitrogen and oxygen atoms in total. The van der Waals surface area contributed by atoms with E-state index in [4.69, 9.17) is 0 Å². The molecule has 3 aliphatic rings. The van der Waals surface area contributed by atoms with Crippen molar-refractivity contribution < 1.29 is 4.79 Å². The van der Waals surface area contributed by atoms with Gasteiger partial charge >= 0.3 is 0 Å². The van der Waals surface area contributed by atoms with E-state index in [1.54, 1.807) is 6.20 Å². The van der Waals surface area contributed by atoms with E-state index in [-0.39, 0.29) is 11.8 Å². The van der Waals surface area contributed by atoms with Crippen molar-refractivity contribution in [2.24, 2.45) is 11.8 Å². The van der Waals surface area contributed by atoms with Crippen molar-refractivity contribution in [2.75, 3.05) is 32.7 Å². The first-order chi connectivity index (χ1) is 13.3. The molecule has 1 aliphatic carbocycles. The maximum Gasteiger partial charge on any atom is 0.224 e. The zero-order valence-corrected chi connectivity index (χ0v) is 16.5. The summed E-state index contributed by atoms with van der Waals surface area (Å²) in [4.78, 5) is 22.2. The van der Waals surface area contributed by atoms with E-state index in [1.165, 1.54) is 51.7 Å². The van der Waals surface area contributed by atoms with Crippen LogP contribution in [0.3, 0.4) is 0 Å². The Morgan fingerprint density at radius 2 is 1.93 bits per heavy atom. The van der Waals surface area contributed by atoms with Crippen LogP contribution in [-0.4, -0.2) is 59.5 Å². The summed E-state index contributed by atoms with van der Waals surface area (Å²) in [6.45, 7) is 6.45. The Bertz CT molecular complexity index is 596. The number of piperidine rings is 2. The predicted octanol–water partition coefficient (Wildman–Crippen LogP) is 2.67. The number of carbonyl (C=O) groups excluding carboxylic acids is 1. The minimum atomic E-state index is 0.135. The average Bonchev–Trinajstić information content (AvgIpc) is 2.70. The lowest BCUT2D eigenvalue weighted by molar-refractivity contribution is -0.127. The van der Waals surface area contributed by atoms with Crippen molar-refractivity contribution in [3.05, 3.63) is 30.1 Å². The second kappa shape index (κ2) is 9.16. The molecule has 3 fully saturated rings. The molecule has 1 aromatic rings. The van der Waals surface area contributed by atoms with E-state index in [1.807, 2.05) is 18.2 Å². The highest BCUT2D eigenvalue weighted by atomic mass is 16.1. The maximum absolute atomic E-state index is 12.6. The van der Waals surface area contributed by atoms with Crippen LogP contribution in [0.2, 0.25) is 0 Å². The Kier molecular flexibility index (Phi) is 6.40. The smallest absolute Gasteiger partial charge is 0.224 e. The van der Waals surface area contributed by atoms with E-state index in [2.05, 4.69) is 20.1 Å². The molecule has 2 saturated heterocycles. The van der Waals surface area contributed by atoms with Gasteiger partial charge in [0.15, 0.2) is 0 Å². The molecule has 27 heavy (non-hydrogen) atoms. The van der Waals surface area contributed by atoms with Crippen LogP contribution in [0.25, 0.3) is 0 Å². The summed E-state index contributed by atoms with van der Waals surface area (Å²) in [5.41, 5.74) is 0.928. The summed E-state index contributed by atoms with van der Waals surface area (Å²) < 4.78 is 0. The standard InChI is InChI=1S/C22H34N4O/c27-22(24-15-20-8-1-2-11-23-20)19-7-4-12-26(17-19)21-9-13-25(14-10-21)16-18-5-3-6-18/h1-2,8,11,18-19,21H,3-7,9-10,12-17H2,(H,24,27)/t19-/m0/s1. The monoisotopic (exact) mass is 370 g/mol. The number of nitrogens with zero attached hydrogens (tertiary/aromatic N) is 3. The normalized spacial score (nSPS) is 25.9. The SMILES string of the molecule is O=C(NCc1ccccn1)[C@H]1CCCN(C2CCN(CC3CCC3)CC2)C1. The van der Waals surface area contributed by atoms with Gasteiger partial charge in [-0.15, -0.1) is 0 Å². The molecule has 148 valence electrons. The Morgan fingerprint density at radius 1 is 1.07 bits per heavy atom. The van der Waals surface area contributed by atoms with Crippen LogP contribution in [-0.2, 0) is 11.3 Å². The largest absolute Gasteiger partial charge is 0.350 e. The molecule has 1 atom stereocenters. The number of carbonyl (C=O) groups is 1. The number of rotatable bonds is 6. The molecule has 4 rings (SSSR count). The number of likely N-dealkylation sites (tertiary alicyclic amines) is 2. The van der Waals surface area contributed by atoms with Crippen LogP contribution in [0.15, 0.2) is 24.4 Å². The average molecular weight is 371 g/mol. The quantitative estimate of drug-likeness (QED) is 0.836. The molecule has 1 N–H and O–H groups in total. The number of nitrogens with one attached hydrogen (secondary N) is 1. The third-order valence-corrected chi connectivity index (χ3v) is 6.81. The van der Waals surface area contributed by atoms with Gasteiger partial charge in [-0.05, 0) is 76.2 Å². The zero-order chi connectivity index (χ0) is 18.5. The summed E-state index contributed by atoms with van der Waals surface area (Å²) in [7, 11) is 0. The summed E-state index contributed by atoms with van der Waals surface area (Å²) >= 11 is 0. The zero-order valence-electron chi connectivity index (χ0n) is 16.5. The van der Waals surface area contributed by atoms with Crippen molar-refractivity contribution in [2.45, 2.75) is 57.5 Å². The van der Waals surface area contributed by atoms with Crippen molar-refractivity contribution in [3.63, 3.8) is 0 Å². The number of amides is 1. The molecule has 1 amide bonds. The molecule has 5 heteroatoms. The topological polar surface area (TPSA) is 48.5 Å². The van der Waals surface area contributed by atoms with Crippen LogP contribution in [0.4, 0.5) is 0 Å². The summed E-state index contributed by atoms with van der Waals surface area (Å²) in [6.07, 6.45) is 10.8. The van der Waals surface area contributed by atoms with Crippen molar-refractivity contribution in [1.82, 2.24) is 20.1 Å². The van der Waals surface area contributed by atoms with E-state index < -0.39 is 0 Å². The summed E-state index contributed by atoms with van der Waals surface area (Å²) in [6, 6.07) is 6.51. The fourth-order valence-corrected chi connectivity index (χ4v) is 4.88. The molecule has 1 saturated carbocycles. The van der Waals surface area contributed by atoms with Gasteiger partial charge in [0.2, 0.25) is 5.91 Å². The number of pyridine rings is 1. The molecule has 0 unspecified atom stereocenters. The highest BCUT2D eigenvalue weighted by Crippen LogP contribution is 2.29. The third kappa shape index (κ3) is 5.08. The van der Waals surface area contributed by atoms with Crippen LogP contribution in [0, 0.1) is 11.8 Å². The lowest BCUT2D eigenvalue weighted by Gasteiger charge is -2.43. The van der Waals surface area contributed by atoms with Crippen LogP contribution in [0.1, 0.15) is 50.6 Å². The number of aromatic nitrogens is 1. The number of hydrogen-bond donors (Lipinski definition) is 1. The van der Waals surface area contributed by atoms with E-state index in [0.717, 1.165) is 37.5 Å². The Morgan fingerprint density at radius 3 is 2.63 bits per heavy atom. The lowest BCUT2D eigenvalue weighted by Crippen LogP contribution is -2.51. The fourth-order valence-electron chi connectivity index (χ4n) is 4.88. The molecule has 0 aromatic carbocycles. The van der Waals surface area contributed by atoms with Crippen molar-refractivity contribution in [3.8, 4) is 0 Å². The van der Waals surface area contributed by atoms with E-state index >= 15 is 0 Å². The molecule has 0 radical (unpaired) electrons. The first-order valence-electron chi connectivity index (χ1n) is 10.9. The Hall–Kier alpha value is -1.46. The molecular weight excluding hydrogens is 336 g/mol. The second-order valence-corrected chi connectivity index (χ2v) is 8.70. The van der Waals surface area contributed by atoms with Crippen molar-refractivity contribution in [1.29, 1.82) is 0 Å². The van der Waals surface area contributed by atoms with Gasteiger partial charge < -0.3 is 10.2 Å². The van der Waals surface area contributed by atoms with Crippen LogP contribution >= 0.6 is 0 Å². The lowest BCUT2D eigenvalue weighted by atomic mass is 9.84. The predicted molar refractivity (Wildman–Crippen MR) is 107 cm³/mol. The fraction of sp³-hybridized carbons (Fsp3) is 0.727. The van der Waals surface area contributed by atoms with Gasteiger partial charge in [0.25, 0.3) is 0 Å². The van der Waals surface area contributed by atoms with E-state index in [0.29, 0.717) is 12.6 Å². The van der Waals surface area contributed by atoms with E-state index in [9.17, 15) is 4.79 Å². The van der Waals surface area contributed by atoms with Crippen LogP contribution in [0.5, 0.6) is 0 Å². The minimum absolute atomic E-state index is 0.135. The van der Waals surface area contributed by atoms with Gasteiger partial charge in [0, 0.05) is 25.3 Å². The first-order valence-corrected chi connectivity index (χ1v) is 10.9. The molecule has 2 aliphatic heterocycles. The number of hydrogen-bond acceptors (Lipinski definition) is 4. The van der Waals surface area contributed by atoms with Gasteiger partial charge in [0.05, 0.1) is 18.2 Å². The highest BCUT2D eigenvalue weighted by molar-refractivity contribution is 5.78. The van der Waals surface area contributed by atoms with Gasteiger partial charge in [-0.1, -0.05) is 12.5 Å². The molecule has 1 aromatic heterocycles. The van der Waals surface area contributed by atoms with Gasteiger partial charge in [0.1, 0.15) is 0 Å². The Balaban J connectivity index is 1.21. The highest BCUT2D eigenvalue weighted by Gasteiger charge is 2.32. The van der Waals surface area contributed by atoms with Crippen LogP contribution < -0.4 is 5.32 Å². The van der Waals surface area contributed by atoms with Gasteiger partial charge in [-0.2, -0.15) is 0 Å². The maximum atomic E-state index is 12.6. The third-order valence-electron chi connectivity index (χ3n) is 6.81.